The summed E-state index contributed by atoms with van der Waals surface area (Å²) in [5.41, 5.74) is 9.56. The number of rotatable bonds is 12. The summed E-state index contributed by atoms with van der Waals surface area (Å²) in [5, 5.41) is 18.3. The molecule has 4 atom stereocenters. The maximum absolute atomic E-state index is 14.3. The summed E-state index contributed by atoms with van der Waals surface area (Å²) in [4.78, 5) is 28.4. The first-order valence-electron chi connectivity index (χ1n) is 14.9. The van der Waals surface area contributed by atoms with Crippen LogP contribution in [-0.4, -0.2) is 55.0 Å². The van der Waals surface area contributed by atoms with E-state index in [9.17, 15) is 14.0 Å². The van der Waals surface area contributed by atoms with E-state index in [1.807, 2.05) is 36.2 Å². The second kappa shape index (κ2) is 13.5. The maximum Gasteiger partial charge on any atom is 0.315 e. The summed E-state index contributed by atoms with van der Waals surface area (Å²) in [5.74, 6) is 0.826. The fourth-order valence-electron chi connectivity index (χ4n) is 5.91. The van der Waals surface area contributed by atoms with Gasteiger partial charge in [-0.1, -0.05) is 42.3 Å². The number of nitrogens with zero attached hydrogens (tertiary/aromatic N) is 4. The van der Waals surface area contributed by atoms with Crippen molar-refractivity contribution < 1.29 is 14.0 Å². The lowest BCUT2D eigenvalue weighted by atomic mass is 9.97. The Kier molecular flexibility index (Phi) is 9.06. The smallest absolute Gasteiger partial charge is 0.315 e. The van der Waals surface area contributed by atoms with Crippen molar-refractivity contribution in [2.75, 3.05) is 11.5 Å². The Bertz CT molecular complexity index is 1610. The maximum atomic E-state index is 14.3. The van der Waals surface area contributed by atoms with Crippen LogP contribution in [0, 0.1) is 5.82 Å². The number of hydrogen-bond donors (Lipinski definition) is 4. The van der Waals surface area contributed by atoms with Crippen LogP contribution in [0.15, 0.2) is 73.1 Å². The van der Waals surface area contributed by atoms with E-state index < -0.39 is 6.04 Å². The van der Waals surface area contributed by atoms with E-state index in [-0.39, 0.29) is 29.8 Å². The summed E-state index contributed by atoms with van der Waals surface area (Å²) < 4.78 is 16.1. The molecule has 2 fully saturated rings. The lowest BCUT2D eigenvalue weighted by Gasteiger charge is -2.18. The normalized spacial score (nSPS) is 19.7. The number of nitrogens with two attached hydrogens (primary N) is 1. The van der Waals surface area contributed by atoms with Crippen molar-refractivity contribution in [3.63, 3.8) is 0 Å². The van der Waals surface area contributed by atoms with Gasteiger partial charge in [0.05, 0.1) is 17.8 Å². The van der Waals surface area contributed by atoms with Crippen molar-refractivity contribution in [3.05, 3.63) is 107 Å². The van der Waals surface area contributed by atoms with Crippen LogP contribution >= 0.6 is 11.8 Å². The second-order valence-electron chi connectivity index (χ2n) is 11.3. The molecule has 2 aromatic heterocycles. The molecule has 1 unspecified atom stereocenters. The molecule has 5 N–H and O–H groups in total. The van der Waals surface area contributed by atoms with Gasteiger partial charge in [-0.15, -0.1) is 5.10 Å². The molecule has 2 aliphatic rings. The third-order valence-electron chi connectivity index (χ3n) is 8.13. The SMILES string of the molecule is Nc1cc(CNC(=O)c2ccc(C(c3cccc(F)c3)n3cc(CCCCC[C@@H]4SC[C@@H]5NC(=O)N[C@@H]54)nn3)cc2)ccn1. The average Bonchev–Trinajstić information content (AvgIpc) is 3.73. The highest BCUT2D eigenvalue weighted by atomic mass is 32.2. The predicted molar refractivity (Wildman–Crippen MR) is 168 cm³/mol. The van der Waals surface area contributed by atoms with Crippen LogP contribution in [0.1, 0.15) is 64.5 Å². The molecule has 228 valence electrons. The van der Waals surface area contributed by atoms with E-state index in [0.717, 1.165) is 60.2 Å². The fraction of sp³-hybridized carbons (Fsp3) is 0.344. The third kappa shape index (κ3) is 7.02. The van der Waals surface area contributed by atoms with E-state index in [1.165, 1.54) is 12.1 Å². The van der Waals surface area contributed by atoms with Gasteiger partial charge in [-0.25, -0.2) is 18.9 Å². The molecular formula is C32H35FN8O2S. The van der Waals surface area contributed by atoms with Gasteiger partial charge >= 0.3 is 6.03 Å². The van der Waals surface area contributed by atoms with E-state index in [1.54, 1.807) is 41.2 Å². The van der Waals surface area contributed by atoms with E-state index in [4.69, 9.17) is 5.73 Å². The first-order valence-corrected chi connectivity index (χ1v) is 15.9. The quantitative estimate of drug-likeness (QED) is 0.138. The number of hydrogen-bond acceptors (Lipinski definition) is 7. The summed E-state index contributed by atoms with van der Waals surface area (Å²) in [6, 6.07) is 17.3. The molecule has 0 radical (unpaired) electrons. The Morgan fingerprint density at radius 3 is 2.77 bits per heavy atom. The number of thioether (sulfide) groups is 1. The lowest BCUT2D eigenvalue weighted by Crippen LogP contribution is -2.36. The van der Waals surface area contributed by atoms with E-state index in [0.29, 0.717) is 23.2 Å². The summed E-state index contributed by atoms with van der Waals surface area (Å²) >= 11 is 1.94. The standard InChI is InChI=1S/C32H35FN8O2S/c33-24-6-4-5-23(16-24)30(21-9-11-22(12-10-21)31(42)36-17-20-13-14-35-28(34)15-20)41-18-25(39-40-41)7-2-1-3-8-27-29-26(19-44-27)37-32(43)38-29/h4-6,9-16,18,26-27,29-30H,1-3,7-8,17,19H2,(H2,34,35)(H,36,42)(H2,37,38,43)/t26-,27-,29-,30?/m0/s1. The molecule has 2 saturated heterocycles. The van der Waals surface area contributed by atoms with E-state index >= 15 is 0 Å². The van der Waals surface area contributed by atoms with Gasteiger partial charge in [-0.3, -0.25) is 4.79 Å². The number of amides is 3. The number of nitrogen functional groups attached to an aromatic ring is 1. The van der Waals surface area contributed by atoms with Gasteiger partial charge in [-0.05, 0) is 72.4 Å². The monoisotopic (exact) mass is 614 g/mol. The highest BCUT2D eigenvalue weighted by Crippen LogP contribution is 2.33. The first-order chi connectivity index (χ1) is 21.4. The molecule has 0 bridgehead atoms. The Morgan fingerprint density at radius 2 is 1.95 bits per heavy atom. The number of pyridine rings is 1. The highest BCUT2D eigenvalue weighted by molar-refractivity contribution is 8.00. The molecule has 0 saturated carbocycles. The topological polar surface area (TPSA) is 140 Å². The van der Waals surface area contributed by atoms with Crippen LogP contribution in [0.3, 0.4) is 0 Å². The van der Waals surface area contributed by atoms with Crippen molar-refractivity contribution >= 4 is 29.5 Å². The minimum Gasteiger partial charge on any atom is -0.384 e. The molecule has 12 heteroatoms. The Labute approximate surface area is 259 Å². The van der Waals surface area contributed by atoms with Gasteiger partial charge in [0.1, 0.15) is 17.7 Å². The number of nitrogens with one attached hydrogen (secondary N) is 3. The second-order valence-corrected chi connectivity index (χ2v) is 12.5. The molecule has 0 spiro atoms. The molecule has 2 aliphatic heterocycles. The summed E-state index contributed by atoms with van der Waals surface area (Å²) in [6.45, 7) is 0.331. The van der Waals surface area contributed by atoms with Crippen molar-refractivity contribution in [1.82, 2.24) is 35.9 Å². The highest BCUT2D eigenvalue weighted by Gasteiger charge is 2.42. The molecule has 4 aromatic rings. The number of aryl methyl sites for hydroxylation is 1. The zero-order valence-corrected chi connectivity index (χ0v) is 25.0. The summed E-state index contributed by atoms with van der Waals surface area (Å²) in [6.07, 6.45) is 8.54. The van der Waals surface area contributed by atoms with Crippen LogP contribution < -0.4 is 21.7 Å². The Balaban J connectivity index is 1.08. The zero-order chi connectivity index (χ0) is 30.5. The van der Waals surface area contributed by atoms with Gasteiger partial charge in [0.2, 0.25) is 0 Å². The number of carbonyl (C=O) groups is 2. The Morgan fingerprint density at radius 1 is 1.09 bits per heavy atom. The van der Waals surface area contributed by atoms with Crippen LogP contribution in [0.2, 0.25) is 0 Å². The number of halogens is 1. The predicted octanol–water partition coefficient (Wildman–Crippen LogP) is 4.23. The molecule has 2 aromatic carbocycles. The largest absolute Gasteiger partial charge is 0.384 e. The average molecular weight is 615 g/mol. The van der Waals surface area contributed by atoms with Crippen LogP contribution in [-0.2, 0) is 13.0 Å². The van der Waals surface area contributed by atoms with Crippen LogP contribution in [0.25, 0.3) is 0 Å². The molecule has 6 rings (SSSR count). The molecule has 3 amide bonds. The van der Waals surface area contributed by atoms with Gasteiger partial charge in [-0.2, -0.15) is 11.8 Å². The minimum atomic E-state index is -0.411. The van der Waals surface area contributed by atoms with Crippen molar-refractivity contribution in [1.29, 1.82) is 0 Å². The fourth-order valence-corrected chi connectivity index (χ4v) is 7.45. The van der Waals surface area contributed by atoms with Crippen LogP contribution in [0.4, 0.5) is 15.0 Å². The van der Waals surface area contributed by atoms with Gasteiger partial charge in [0, 0.05) is 35.5 Å². The zero-order valence-electron chi connectivity index (χ0n) is 24.2. The summed E-state index contributed by atoms with van der Waals surface area (Å²) in [7, 11) is 0. The number of unbranched alkanes of at least 4 members (excludes halogenated alkanes) is 2. The van der Waals surface area contributed by atoms with E-state index in [2.05, 4.69) is 31.2 Å². The number of benzene rings is 2. The number of aromatic nitrogens is 4. The van der Waals surface area contributed by atoms with Crippen molar-refractivity contribution in [2.45, 2.75) is 62.0 Å². The number of fused-ring (bicyclic) bond motifs is 1. The van der Waals surface area contributed by atoms with Gasteiger partial charge in [0.15, 0.2) is 0 Å². The van der Waals surface area contributed by atoms with Crippen LogP contribution in [0.5, 0.6) is 0 Å². The lowest BCUT2D eigenvalue weighted by molar-refractivity contribution is 0.0951. The minimum absolute atomic E-state index is 0.0466. The first kappa shape index (κ1) is 29.6. The number of anilines is 1. The van der Waals surface area contributed by atoms with Crippen molar-refractivity contribution in [3.8, 4) is 0 Å². The Hall–Kier alpha value is -4.45. The molecule has 0 aliphatic carbocycles. The van der Waals surface area contributed by atoms with Gasteiger partial charge < -0.3 is 21.7 Å². The molecule has 4 heterocycles. The molecule has 10 nitrogen and oxygen atoms in total. The van der Waals surface area contributed by atoms with Crippen molar-refractivity contribution in [2.24, 2.45) is 0 Å². The molecular weight excluding hydrogens is 579 g/mol. The van der Waals surface area contributed by atoms with Gasteiger partial charge in [0.25, 0.3) is 5.91 Å². The number of urea groups is 1. The molecule has 44 heavy (non-hydrogen) atoms. The number of carbonyl (C=O) groups excluding carboxylic acids is 2. The third-order valence-corrected chi connectivity index (χ3v) is 9.64.